The van der Waals surface area contributed by atoms with Gasteiger partial charge < -0.3 is 20.3 Å². The lowest BCUT2D eigenvalue weighted by atomic mass is 10.3. The van der Waals surface area contributed by atoms with Gasteiger partial charge in [0.25, 0.3) is 5.69 Å². The number of anilines is 1. The molecule has 1 aliphatic carbocycles. The summed E-state index contributed by atoms with van der Waals surface area (Å²) >= 11 is 1.11. The van der Waals surface area contributed by atoms with Gasteiger partial charge in [0, 0.05) is 23.9 Å². The Morgan fingerprint density at radius 1 is 1.36 bits per heavy atom. The zero-order chi connectivity index (χ0) is 20.1. The van der Waals surface area contributed by atoms with Crippen LogP contribution in [-0.2, 0) is 22.7 Å². The molecule has 1 aromatic carbocycles. The van der Waals surface area contributed by atoms with Crippen molar-refractivity contribution in [2.75, 3.05) is 11.1 Å². The Morgan fingerprint density at radius 3 is 2.82 bits per heavy atom. The number of aliphatic hydroxyl groups excluding tert-OH is 1. The molecule has 3 rings (SSSR count). The van der Waals surface area contributed by atoms with Crippen molar-refractivity contribution >= 4 is 35.0 Å². The topological polar surface area (TPSA) is 139 Å². The molecule has 3 N–H and O–H groups in total. The van der Waals surface area contributed by atoms with Gasteiger partial charge in [0.05, 0.1) is 29.2 Å². The molecule has 148 valence electrons. The standard InChI is InChI=1S/C17H19N5O5S/c23-9-14-7-18-17(21(14)8-15(24)19-11-4-5-11)28-10-16(25)20-12-2-1-3-13(6-12)22(26)27/h1-3,6-7,11,23H,4-5,8-10H2,(H,19,24)(H,20,25). The Morgan fingerprint density at radius 2 is 2.14 bits per heavy atom. The maximum atomic E-state index is 12.2. The van der Waals surface area contributed by atoms with E-state index in [2.05, 4.69) is 15.6 Å². The molecule has 0 radical (unpaired) electrons. The minimum atomic E-state index is -0.537. The fourth-order valence-corrected chi connectivity index (χ4v) is 3.27. The third-order valence-corrected chi connectivity index (χ3v) is 4.97. The number of carbonyl (C=O) groups is 2. The van der Waals surface area contributed by atoms with Gasteiger partial charge in [0.2, 0.25) is 11.8 Å². The predicted octanol–water partition coefficient (Wildman–Crippen LogP) is 1.29. The van der Waals surface area contributed by atoms with Crippen molar-refractivity contribution in [3.05, 3.63) is 46.3 Å². The Balaban J connectivity index is 1.59. The van der Waals surface area contributed by atoms with Crippen molar-refractivity contribution in [3.63, 3.8) is 0 Å². The van der Waals surface area contributed by atoms with E-state index in [-0.39, 0.29) is 42.4 Å². The number of non-ortho nitro benzene ring substituents is 1. The number of hydrogen-bond acceptors (Lipinski definition) is 7. The van der Waals surface area contributed by atoms with E-state index in [0.717, 1.165) is 24.6 Å². The smallest absolute Gasteiger partial charge is 0.271 e. The number of carbonyl (C=O) groups excluding carboxylic acids is 2. The van der Waals surface area contributed by atoms with Crippen LogP contribution in [0.1, 0.15) is 18.5 Å². The summed E-state index contributed by atoms with van der Waals surface area (Å²) in [5.41, 5.74) is 0.686. The second kappa shape index (κ2) is 8.85. The highest BCUT2D eigenvalue weighted by Gasteiger charge is 2.24. The zero-order valence-electron chi connectivity index (χ0n) is 14.8. The van der Waals surface area contributed by atoms with Crippen LogP contribution in [0.4, 0.5) is 11.4 Å². The third kappa shape index (κ3) is 5.30. The number of benzene rings is 1. The number of nitro benzene ring substituents is 1. The molecule has 0 unspecified atom stereocenters. The molecule has 1 aliphatic rings. The first kappa shape index (κ1) is 19.8. The largest absolute Gasteiger partial charge is 0.390 e. The normalized spacial score (nSPS) is 13.2. The first-order valence-corrected chi connectivity index (χ1v) is 9.56. The first-order valence-electron chi connectivity index (χ1n) is 8.58. The zero-order valence-corrected chi connectivity index (χ0v) is 15.6. The van der Waals surface area contributed by atoms with Gasteiger partial charge in [-0.05, 0) is 18.9 Å². The Kier molecular flexibility index (Phi) is 6.26. The fraction of sp³-hybridized carbons (Fsp3) is 0.353. The molecule has 2 aromatic rings. The summed E-state index contributed by atoms with van der Waals surface area (Å²) in [6.07, 6.45) is 3.41. The summed E-state index contributed by atoms with van der Waals surface area (Å²) in [7, 11) is 0. The number of nitrogens with zero attached hydrogens (tertiary/aromatic N) is 3. The number of nitro groups is 1. The highest BCUT2D eigenvalue weighted by molar-refractivity contribution is 7.99. The molecule has 28 heavy (non-hydrogen) atoms. The molecule has 2 amide bonds. The summed E-state index contributed by atoms with van der Waals surface area (Å²) in [6.45, 7) is -0.259. The van der Waals surface area contributed by atoms with Crippen LogP contribution in [0, 0.1) is 10.1 Å². The molecule has 10 nitrogen and oxygen atoms in total. The minimum Gasteiger partial charge on any atom is -0.390 e. The molecule has 1 aromatic heterocycles. The van der Waals surface area contributed by atoms with Crippen LogP contribution in [0.25, 0.3) is 0 Å². The van der Waals surface area contributed by atoms with Gasteiger partial charge in [0.15, 0.2) is 5.16 Å². The van der Waals surface area contributed by atoms with Gasteiger partial charge in [-0.15, -0.1) is 0 Å². The van der Waals surface area contributed by atoms with Crippen LogP contribution in [0.2, 0.25) is 0 Å². The van der Waals surface area contributed by atoms with Crippen molar-refractivity contribution in [3.8, 4) is 0 Å². The van der Waals surface area contributed by atoms with Crippen LogP contribution in [0.5, 0.6) is 0 Å². The number of imidazole rings is 1. The van der Waals surface area contributed by atoms with Crippen LogP contribution in [0.3, 0.4) is 0 Å². The molecule has 0 bridgehead atoms. The second-order valence-electron chi connectivity index (χ2n) is 6.26. The number of thioether (sulfide) groups is 1. The summed E-state index contributed by atoms with van der Waals surface area (Å²) in [4.78, 5) is 38.7. The van der Waals surface area contributed by atoms with E-state index in [1.807, 2.05) is 0 Å². The molecule has 1 saturated carbocycles. The van der Waals surface area contributed by atoms with E-state index >= 15 is 0 Å². The summed E-state index contributed by atoms with van der Waals surface area (Å²) < 4.78 is 1.57. The minimum absolute atomic E-state index is 0.00514. The molecular weight excluding hydrogens is 386 g/mol. The van der Waals surface area contributed by atoms with Crippen LogP contribution in [-0.4, -0.2) is 43.2 Å². The van der Waals surface area contributed by atoms with E-state index in [9.17, 15) is 24.8 Å². The average molecular weight is 405 g/mol. The SMILES string of the molecule is O=C(CSc1ncc(CO)n1CC(=O)NC1CC1)Nc1cccc([N+](=O)[O-])c1. The number of hydrogen-bond donors (Lipinski definition) is 3. The third-order valence-electron chi connectivity index (χ3n) is 3.98. The van der Waals surface area contributed by atoms with Gasteiger partial charge >= 0.3 is 0 Å². The van der Waals surface area contributed by atoms with E-state index in [1.54, 1.807) is 10.6 Å². The molecular formula is C17H19N5O5S. The quantitative estimate of drug-likeness (QED) is 0.324. The lowest BCUT2D eigenvalue weighted by Gasteiger charge is -2.11. The lowest BCUT2D eigenvalue weighted by Crippen LogP contribution is -2.30. The number of aromatic nitrogens is 2. The maximum absolute atomic E-state index is 12.2. The van der Waals surface area contributed by atoms with E-state index in [1.165, 1.54) is 24.4 Å². The van der Waals surface area contributed by atoms with Crippen molar-refractivity contribution in [2.45, 2.75) is 37.2 Å². The number of rotatable bonds is 9. The Labute approximate surface area is 164 Å². The van der Waals surface area contributed by atoms with Crippen molar-refractivity contribution < 1.29 is 19.6 Å². The molecule has 1 fully saturated rings. The van der Waals surface area contributed by atoms with E-state index in [0.29, 0.717) is 16.5 Å². The number of aliphatic hydroxyl groups is 1. The molecule has 0 saturated heterocycles. The molecule has 11 heteroatoms. The van der Waals surface area contributed by atoms with Crippen LogP contribution in [0.15, 0.2) is 35.6 Å². The van der Waals surface area contributed by atoms with Gasteiger partial charge in [-0.1, -0.05) is 17.8 Å². The number of amides is 2. The van der Waals surface area contributed by atoms with Gasteiger partial charge in [-0.2, -0.15) is 0 Å². The highest BCUT2D eigenvalue weighted by Crippen LogP contribution is 2.22. The maximum Gasteiger partial charge on any atom is 0.271 e. The van der Waals surface area contributed by atoms with E-state index < -0.39 is 4.92 Å². The average Bonchev–Trinajstić information content (AvgIpc) is 3.39. The summed E-state index contributed by atoms with van der Waals surface area (Å²) in [5.74, 6) is -0.541. The lowest BCUT2D eigenvalue weighted by molar-refractivity contribution is -0.384. The summed E-state index contributed by atoms with van der Waals surface area (Å²) in [6, 6.07) is 5.88. The molecule has 1 heterocycles. The fourth-order valence-electron chi connectivity index (χ4n) is 2.47. The first-order chi connectivity index (χ1) is 13.5. The van der Waals surface area contributed by atoms with Gasteiger partial charge in [-0.3, -0.25) is 19.7 Å². The Hall–Kier alpha value is -2.92. The molecule has 0 spiro atoms. The van der Waals surface area contributed by atoms with Crippen molar-refractivity contribution in [1.82, 2.24) is 14.9 Å². The van der Waals surface area contributed by atoms with Crippen LogP contribution >= 0.6 is 11.8 Å². The second-order valence-corrected chi connectivity index (χ2v) is 7.20. The summed E-state index contributed by atoms with van der Waals surface area (Å²) in [5, 5.41) is 26.1. The predicted molar refractivity (Wildman–Crippen MR) is 102 cm³/mol. The van der Waals surface area contributed by atoms with E-state index in [4.69, 9.17) is 0 Å². The number of nitrogens with one attached hydrogen (secondary N) is 2. The van der Waals surface area contributed by atoms with Gasteiger partial charge in [0.1, 0.15) is 6.54 Å². The van der Waals surface area contributed by atoms with Gasteiger partial charge in [-0.25, -0.2) is 4.98 Å². The van der Waals surface area contributed by atoms with Crippen molar-refractivity contribution in [2.24, 2.45) is 0 Å². The molecule has 0 aliphatic heterocycles. The van der Waals surface area contributed by atoms with Crippen molar-refractivity contribution in [1.29, 1.82) is 0 Å². The molecule has 0 atom stereocenters. The Bertz CT molecular complexity index is 896. The monoisotopic (exact) mass is 405 g/mol. The van der Waals surface area contributed by atoms with Crippen LogP contribution < -0.4 is 10.6 Å². The highest BCUT2D eigenvalue weighted by atomic mass is 32.2.